The minimum Gasteiger partial charge on any atom is -0.274 e. The number of hydrogen-bond donors (Lipinski definition) is 0. The predicted molar refractivity (Wildman–Crippen MR) is 123 cm³/mol. The molecule has 0 spiro atoms. The van der Waals surface area contributed by atoms with Gasteiger partial charge in [-0.2, -0.15) is 5.10 Å². The van der Waals surface area contributed by atoms with Crippen molar-refractivity contribution in [2.75, 3.05) is 20.4 Å². The van der Waals surface area contributed by atoms with Crippen LogP contribution in [-0.2, 0) is 4.84 Å². The van der Waals surface area contributed by atoms with Crippen molar-refractivity contribution in [2.24, 2.45) is 0 Å². The Bertz CT molecular complexity index is 909. The molecule has 3 aromatic rings. The second-order valence-electron chi connectivity index (χ2n) is 7.11. The van der Waals surface area contributed by atoms with Gasteiger partial charge in [0.15, 0.2) is 5.69 Å². The number of benzene rings is 2. The van der Waals surface area contributed by atoms with Gasteiger partial charge < -0.3 is 0 Å². The molecule has 5 nitrogen and oxygen atoms in total. The van der Waals surface area contributed by atoms with Crippen LogP contribution in [0.3, 0.4) is 0 Å². The van der Waals surface area contributed by atoms with Crippen LogP contribution in [0, 0.1) is 0 Å². The Labute approximate surface area is 182 Å². The Morgan fingerprint density at radius 2 is 1.66 bits per heavy atom. The Morgan fingerprint density at radius 1 is 1.07 bits per heavy atom. The topological polar surface area (TPSA) is 47.4 Å². The summed E-state index contributed by atoms with van der Waals surface area (Å²) < 4.78 is 1.78. The van der Waals surface area contributed by atoms with Crippen LogP contribution < -0.4 is 0 Å². The van der Waals surface area contributed by atoms with E-state index in [1.165, 1.54) is 12.0 Å². The van der Waals surface area contributed by atoms with Crippen LogP contribution in [0.5, 0.6) is 0 Å². The van der Waals surface area contributed by atoms with Crippen molar-refractivity contribution >= 4 is 31.8 Å². The number of carbonyl (C=O) groups excluding carboxylic acids is 1. The molecule has 1 heterocycles. The van der Waals surface area contributed by atoms with Crippen molar-refractivity contribution in [3.05, 3.63) is 66.4 Å². The lowest BCUT2D eigenvalue weighted by molar-refractivity contribution is -0.0760. The van der Waals surface area contributed by atoms with E-state index in [0.29, 0.717) is 5.69 Å². The highest BCUT2D eigenvalue weighted by Crippen LogP contribution is 2.26. The predicted octanol–water partition coefficient (Wildman–Crippen LogP) is 5.27. The molecule has 1 amide bonds. The molecule has 3 rings (SSSR count). The maximum atomic E-state index is 12.4. The van der Waals surface area contributed by atoms with Crippen molar-refractivity contribution < 1.29 is 9.63 Å². The normalized spacial score (nSPS) is 10.1. The molecular formula is C22H28AlN3O2S. The first-order chi connectivity index (χ1) is 13.9. The second-order valence-corrected chi connectivity index (χ2v) is 11.5. The number of aromatic nitrogens is 2. The molecule has 0 radical (unpaired) electrons. The summed E-state index contributed by atoms with van der Waals surface area (Å²) >= 11 is 1.55. The minimum atomic E-state index is -0.292. The van der Waals surface area contributed by atoms with Gasteiger partial charge in [-0.05, 0) is 36.6 Å². The van der Waals surface area contributed by atoms with E-state index in [4.69, 9.17) is 4.84 Å². The van der Waals surface area contributed by atoms with E-state index in [2.05, 4.69) is 34.6 Å². The third-order valence-corrected chi connectivity index (χ3v) is 4.62. The summed E-state index contributed by atoms with van der Waals surface area (Å²) in [4.78, 5) is 18.6. The van der Waals surface area contributed by atoms with Crippen LogP contribution in [0.15, 0.2) is 65.6 Å². The summed E-state index contributed by atoms with van der Waals surface area (Å²) in [6.45, 7) is 0. The number of amides is 1. The second kappa shape index (κ2) is 11.2. The SMILES string of the molecule is CON(C)C(=O)c1cc(-c2ccc(SC)cc2)n(-c2ccccc2)n1.[CH3][Al]([CH3])[CH3]. The fraction of sp³-hybridized carbons (Fsp3) is 0.273. The summed E-state index contributed by atoms with van der Waals surface area (Å²) in [6.07, 6.45) is 2.04. The van der Waals surface area contributed by atoms with Crippen molar-refractivity contribution in [1.82, 2.24) is 14.8 Å². The van der Waals surface area contributed by atoms with E-state index in [1.54, 1.807) is 29.6 Å². The molecule has 7 heteroatoms. The fourth-order valence-electron chi connectivity index (χ4n) is 2.46. The van der Waals surface area contributed by atoms with Gasteiger partial charge in [-0.15, -0.1) is 29.1 Å². The smallest absolute Gasteiger partial charge is 0.274 e. The lowest BCUT2D eigenvalue weighted by Crippen LogP contribution is -2.25. The first kappa shape index (κ1) is 23.2. The number of hydroxylamine groups is 2. The van der Waals surface area contributed by atoms with Crippen LogP contribution in [0.4, 0.5) is 0 Å². The molecule has 0 atom stereocenters. The van der Waals surface area contributed by atoms with Gasteiger partial charge in [0, 0.05) is 17.5 Å². The number of nitrogens with zero attached hydrogens (tertiary/aromatic N) is 3. The number of para-hydroxylation sites is 1. The fourth-order valence-corrected chi connectivity index (χ4v) is 2.87. The summed E-state index contributed by atoms with van der Waals surface area (Å²) in [5.74, 6) is 6.62. The van der Waals surface area contributed by atoms with E-state index < -0.39 is 0 Å². The van der Waals surface area contributed by atoms with Crippen LogP contribution >= 0.6 is 11.8 Å². The van der Waals surface area contributed by atoms with Gasteiger partial charge in [-0.1, -0.05) is 30.3 Å². The Balaban J connectivity index is 0.000000687. The summed E-state index contributed by atoms with van der Waals surface area (Å²) in [6, 6.07) is 19.7. The molecule has 0 saturated carbocycles. The van der Waals surface area contributed by atoms with Crippen molar-refractivity contribution in [3.8, 4) is 16.9 Å². The third kappa shape index (κ3) is 6.48. The molecule has 0 aliphatic rings. The van der Waals surface area contributed by atoms with Crippen LogP contribution in [0.1, 0.15) is 10.5 Å². The average Bonchev–Trinajstić information content (AvgIpc) is 3.18. The highest BCUT2D eigenvalue weighted by molar-refractivity contribution is 7.98. The summed E-state index contributed by atoms with van der Waals surface area (Å²) in [5, 5.41) is 5.67. The van der Waals surface area contributed by atoms with Crippen molar-refractivity contribution in [3.63, 3.8) is 0 Å². The first-order valence-corrected chi connectivity index (χ1v) is 14.2. The Hall–Kier alpha value is -2.04. The maximum absolute atomic E-state index is 12.4. The zero-order valence-corrected chi connectivity index (χ0v) is 19.9. The quantitative estimate of drug-likeness (QED) is 0.318. The molecule has 0 fully saturated rings. The Kier molecular flexibility index (Phi) is 9.00. The molecule has 1 aromatic heterocycles. The number of hydrogen-bond acceptors (Lipinski definition) is 4. The molecule has 0 aliphatic heterocycles. The standard InChI is InChI=1S/C19H19N3O2S.3CH3.Al/c1-21(24-2)19(23)17-13-18(14-9-11-16(25-3)12-10-14)22(20-17)15-7-5-4-6-8-15;;;;/h4-13H,1-3H3;3*1H3;. The average molecular weight is 426 g/mol. The summed E-state index contributed by atoms with van der Waals surface area (Å²) in [7, 11) is 3.02. The minimum absolute atomic E-state index is 0.139. The largest absolute Gasteiger partial charge is 0.297 e. The van der Waals surface area contributed by atoms with E-state index in [1.807, 2.05) is 48.7 Å². The molecule has 0 N–H and O–H groups in total. The molecule has 0 unspecified atom stereocenters. The monoisotopic (exact) mass is 425 g/mol. The van der Waals surface area contributed by atoms with Crippen LogP contribution in [0.2, 0.25) is 17.4 Å². The molecule has 0 aliphatic carbocycles. The molecule has 0 bridgehead atoms. The maximum Gasteiger partial charge on any atom is 0.297 e. The molecule has 29 heavy (non-hydrogen) atoms. The summed E-state index contributed by atoms with van der Waals surface area (Å²) in [5.41, 5.74) is 3.07. The lowest BCUT2D eigenvalue weighted by atomic mass is 10.1. The van der Waals surface area contributed by atoms with E-state index in [9.17, 15) is 4.79 Å². The van der Waals surface area contributed by atoms with E-state index >= 15 is 0 Å². The van der Waals surface area contributed by atoms with Crippen LogP contribution in [0.25, 0.3) is 16.9 Å². The number of carbonyl (C=O) groups is 1. The molecule has 2 aromatic carbocycles. The molecule has 0 saturated heterocycles. The van der Waals surface area contributed by atoms with Crippen molar-refractivity contribution in [2.45, 2.75) is 22.3 Å². The van der Waals surface area contributed by atoms with Crippen molar-refractivity contribution in [1.29, 1.82) is 0 Å². The van der Waals surface area contributed by atoms with Gasteiger partial charge in [0.25, 0.3) is 20.1 Å². The third-order valence-electron chi connectivity index (χ3n) is 3.87. The van der Waals surface area contributed by atoms with Gasteiger partial charge in [-0.3, -0.25) is 9.63 Å². The number of thioether (sulfide) groups is 1. The van der Waals surface area contributed by atoms with Gasteiger partial charge in [0.2, 0.25) is 0 Å². The first-order valence-electron chi connectivity index (χ1n) is 9.49. The zero-order chi connectivity index (χ0) is 21.4. The highest BCUT2D eigenvalue weighted by Gasteiger charge is 2.19. The van der Waals surface area contributed by atoms with Gasteiger partial charge in [-0.25, -0.2) is 9.75 Å². The zero-order valence-electron chi connectivity index (χ0n) is 17.9. The molecule has 152 valence electrons. The van der Waals surface area contributed by atoms with Gasteiger partial charge >= 0.3 is 0 Å². The van der Waals surface area contributed by atoms with Crippen LogP contribution in [-0.4, -0.2) is 55.3 Å². The molecular weight excluding hydrogens is 397 g/mol. The van der Waals surface area contributed by atoms with Gasteiger partial charge in [0.05, 0.1) is 18.5 Å². The van der Waals surface area contributed by atoms with E-state index in [0.717, 1.165) is 22.0 Å². The van der Waals surface area contributed by atoms with Gasteiger partial charge in [0.1, 0.15) is 0 Å². The van der Waals surface area contributed by atoms with E-state index in [-0.39, 0.29) is 20.1 Å². The highest BCUT2D eigenvalue weighted by atomic mass is 32.2. The number of rotatable bonds is 5. The Morgan fingerprint density at radius 3 is 2.17 bits per heavy atom. The lowest BCUT2D eigenvalue weighted by Gasteiger charge is -2.11.